The van der Waals surface area contributed by atoms with Gasteiger partial charge in [-0.15, -0.1) is 0 Å². The second-order valence-corrected chi connectivity index (χ2v) is 4.53. The summed E-state index contributed by atoms with van der Waals surface area (Å²) in [7, 11) is 1.39. The predicted molar refractivity (Wildman–Crippen MR) is 68.8 cm³/mol. The fraction of sp³-hybridized carbons (Fsp3) is 0.231. The molecule has 0 unspecified atom stereocenters. The Morgan fingerprint density at radius 2 is 1.89 bits per heavy atom. The summed E-state index contributed by atoms with van der Waals surface area (Å²) in [4.78, 5) is -0.405. The third-order valence-corrected chi connectivity index (χ3v) is 3.27. The molecule has 5 heteroatoms. The van der Waals surface area contributed by atoms with E-state index in [0.29, 0.717) is 5.57 Å². The van der Waals surface area contributed by atoms with Gasteiger partial charge in [-0.1, -0.05) is 31.0 Å². The predicted octanol–water partition coefficient (Wildman–Crippen LogP) is 4.48. The number of hydrogen-bond acceptors (Lipinski definition) is 2. The van der Waals surface area contributed by atoms with Crippen LogP contribution < -0.4 is 0 Å². The summed E-state index contributed by atoms with van der Waals surface area (Å²) in [6.07, 6.45) is 1.08. The topological polar surface area (TPSA) is 9.23 Å². The summed E-state index contributed by atoms with van der Waals surface area (Å²) in [5.74, 6) is -3.16. The summed E-state index contributed by atoms with van der Waals surface area (Å²) in [6, 6.07) is 0. The highest BCUT2D eigenvalue weighted by Gasteiger charge is 2.24. The number of benzene rings is 1. The van der Waals surface area contributed by atoms with Crippen LogP contribution in [0.25, 0.3) is 11.6 Å². The van der Waals surface area contributed by atoms with Crippen LogP contribution in [0.1, 0.15) is 18.1 Å². The molecule has 0 aliphatic rings. The quantitative estimate of drug-likeness (QED) is 0.445. The van der Waals surface area contributed by atoms with Crippen molar-refractivity contribution in [3.63, 3.8) is 0 Å². The van der Waals surface area contributed by atoms with Gasteiger partial charge in [0.1, 0.15) is 5.82 Å². The normalized spacial score (nSPS) is 10.5. The highest BCUT2D eigenvalue weighted by atomic mass is 32.2. The average Bonchev–Trinajstić information content (AvgIpc) is 2.32. The van der Waals surface area contributed by atoms with E-state index in [4.69, 9.17) is 4.74 Å². The zero-order valence-corrected chi connectivity index (χ0v) is 11.0. The maximum atomic E-state index is 14.1. The van der Waals surface area contributed by atoms with Crippen molar-refractivity contribution in [1.29, 1.82) is 0 Å². The highest BCUT2D eigenvalue weighted by molar-refractivity contribution is 7.99. The minimum atomic E-state index is -1.23. The number of rotatable bonds is 5. The first-order chi connectivity index (χ1) is 8.45. The van der Waals surface area contributed by atoms with Crippen LogP contribution in [0.4, 0.5) is 13.2 Å². The summed E-state index contributed by atoms with van der Waals surface area (Å²) in [5, 5.41) is 0. The molecular formula is C13H13F3OS. The molecule has 98 valence electrons. The van der Waals surface area contributed by atoms with Crippen molar-refractivity contribution < 1.29 is 17.9 Å². The standard InChI is InChI=1S/C13H13F3OS/c1-5-8-9(7(2)3)11(15)13(18-6-17-4)12(16)10(8)14/h5H,1-2,6H2,3-4H3. The first-order valence-corrected chi connectivity index (χ1v) is 6.04. The minimum absolute atomic E-state index is 0.0242. The number of thioether (sulfide) groups is 1. The number of ether oxygens (including phenoxy) is 1. The van der Waals surface area contributed by atoms with Crippen LogP contribution in [0.5, 0.6) is 0 Å². The van der Waals surface area contributed by atoms with Gasteiger partial charge in [0.2, 0.25) is 0 Å². The molecule has 0 saturated heterocycles. The number of hydrogen-bond donors (Lipinski definition) is 0. The lowest BCUT2D eigenvalue weighted by Crippen LogP contribution is -2.04. The Labute approximate surface area is 108 Å². The van der Waals surface area contributed by atoms with Crippen LogP contribution in [0.3, 0.4) is 0 Å². The Morgan fingerprint density at radius 1 is 1.28 bits per heavy atom. The summed E-state index contributed by atoms with van der Waals surface area (Å²) >= 11 is 0.751. The largest absolute Gasteiger partial charge is 0.374 e. The van der Waals surface area contributed by atoms with Gasteiger partial charge in [0.05, 0.1) is 10.8 Å². The molecule has 0 aliphatic carbocycles. The Kier molecular flexibility index (Phi) is 5.04. The molecule has 1 nitrogen and oxygen atoms in total. The molecule has 0 saturated carbocycles. The van der Waals surface area contributed by atoms with E-state index >= 15 is 0 Å². The minimum Gasteiger partial charge on any atom is -0.374 e. The lowest BCUT2D eigenvalue weighted by Gasteiger charge is -2.13. The van der Waals surface area contributed by atoms with Crippen molar-refractivity contribution in [2.45, 2.75) is 11.8 Å². The molecule has 0 radical (unpaired) electrons. The fourth-order valence-electron chi connectivity index (χ4n) is 1.51. The molecule has 1 aromatic rings. The molecule has 0 amide bonds. The van der Waals surface area contributed by atoms with Crippen molar-refractivity contribution in [3.05, 3.63) is 41.7 Å². The van der Waals surface area contributed by atoms with E-state index in [1.165, 1.54) is 14.0 Å². The van der Waals surface area contributed by atoms with Gasteiger partial charge < -0.3 is 4.74 Å². The van der Waals surface area contributed by atoms with Crippen LogP contribution in [0.2, 0.25) is 0 Å². The van der Waals surface area contributed by atoms with Crippen LogP contribution in [-0.4, -0.2) is 13.0 Å². The van der Waals surface area contributed by atoms with E-state index in [9.17, 15) is 13.2 Å². The average molecular weight is 274 g/mol. The second kappa shape index (κ2) is 6.11. The van der Waals surface area contributed by atoms with Crippen molar-refractivity contribution >= 4 is 23.4 Å². The third kappa shape index (κ3) is 2.62. The Balaban J connectivity index is 3.55. The third-order valence-electron chi connectivity index (χ3n) is 2.27. The van der Waals surface area contributed by atoms with Gasteiger partial charge in [-0.3, -0.25) is 0 Å². The molecule has 0 spiro atoms. The molecule has 0 fully saturated rings. The second-order valence-electron chi connectivity index (χ2n) is 3.60. The molecule has 0 aliphatic heterocycles. The van der Waals surface area contributed by atoms with Crippen LogP contribution in [0, 0.1) is 17.5 Å². The van der Waals surface area contributed by atoms with Gasteiger partial charge in [-0.25, -0.2) is 13.2 Å². The Hall–Kier alpha value is -1.20. The summed E-state index contributed by atoms with van der Waals surface area (Å²) in [6.45, 7) is 8.45. The van der Waals surface area contributed by atoms with Gasteiger partial charge in [0.25, 0.3) is 0 Å². The van der Waals surface area contributed by atoms with E-state index < -0.39 is 22.3 Å². The van der Waals surface area contributed by atoms with Gasteiger partial charge in [0, 0.05) is 18.2 Å². The number of methoxy groups -OCH3 is 1. The van der Waals surface area contributed by atoms with Crippen LogP contribution in [-0.2, 0) is 4.74 Å². The summed E-state index contributed by atoms with van der Waals surface area (Å²) in [5.41, 5.74) is 0.0438. The molecule has 0 N–H and O–H groups in total. The molecule has 0 atom stereocenters. The zero-order valence-electron chi connectivity index (χ0n) is 10.1. The number of allylic oxidation sites excluding steroid dienone is 1. The van der Waals surface area contributed by atoms with Gasteiger partial charge in [-0.2, -0.15) is 0 Å². The SMILES string of the molecule is C=Cc1c(F)c(F)c(SCOC)c(F)c1C(=C)C. The van der Waals surface area contributed by atoms with Gasteiger partial charge in [-0.05, 0) is 12.5 Å². The lowest BCUT2D eigenvalue weighted by molar-refractivity contribution is 0.258. The molecule has 1 aromatic carbocycles. The monoisotopic (exact) mass is 274 g/mol. The zero-order chi connectivity index (χ0) is 13.9. The van der Waals surface area contributed by atoms with E-state index in [0.717, 1.165) is 17.8 Å². The van der Waals surface area contributed by atoms with Gasteiger partial charge in [0.15, 0.2) is 11.6 Å². The molecule has 1 rings (SSSR count). The highest BCUT2D eigenvalue weighted by Crippen LogP contribution is 2.35. The molecule has 18 heavy (non-hydrogen) atoms. The molecular weight excluding hydrogens is 261 g/mol. The fourth-order valence-corrected chi connectivity index (χ4v) is 2.19. The summed E-state index contributed by atoms with van der Waals surface area (Å²) < 4.78 is 46.4. The van der Waals surface area contributed by atoms with Crippen molar-refractivity contribution in [3.8, 4) is 0 Å². The van der Waals surface area contributed by atoms with E-state index in [1.54, 1.807) is 0 Å². The maximum absolute atomic E-state index is 14.1. The first-order valence-electron chi connectivity index (χ1n) is 5.06. The van der Waals surface area contributed by atoms with Crippen LogP contribution in [0.15, 0.2) is 18.1 Å². The Bertz CT molecular complexity index is 498. The number of halogens is 3. The smallest absolute Gasteiger partial charge is 0.176 e. The lowest BCUT2D eigenvalue weighted by atomic mass is 10.00. The van der Waals surface area contributed by atoms with Crippen molar-refractivity contribution in [1.82, 2.24) is 0 Å². The van der Waals surface area contributed by atoms with Crippen LogP contribution >= 0.6 is 11.8 Å². The first kappa shape index (κ1) is 14.9. The van der Waals surface area contributed by atoms with Gasteiger partial charge >= 0.3 is 0 Å². The van der Waals surface area contributed by atoms with E-state index in [1.807, 2.05) is 0 Å². The molecule has 0 aromatic heterocycles. The maximum Gasteiger partial charge on any atom is 0.176 e. The Morgan fingerprint density at radius 3 is 2.33 bits per heavy atom. The van der Waals surface area contributed by atoms with Crippen molar-refractivity contribution in [2.75, 3.05) is 13.0 Å². The molecule has 0 heterocycles. The van der Waals surface area contributed by atoms with Crippen molar-refractivity contribution in [2.24, 2.45) is 0 Å². The molecule has 0 bridgehead atoms. The van der Waals surface area contributed by atoms with E-state index in [2.05, 4.69) is 13.2 Å². The van der Waals surface area contributed by atoms with E-state index in [-0.39, 0.29) is 17.1 Å².